The van der Waals surface area contributed by atoms with Crippen LogP contribution in [0.5, 0.6) is 0 Å². The van der Waals surface area contributed by atoms with E-state index in [1.54, 1.807) is 0 Å². The molecule has 0 saturated carbocycles. The molecule has 0 amide bonds. The van der Waals surface area contributed by atoms with Gasteiger partial charge in [0.05, 0.1) is 11.4 Å². The summed E-state index contributed by atoms with van der Waals surface area (Å²) in [6, 6.07) is 57.0. The maximum Gasteiger partial charge on any atom is 0.0506 e. The Morgan fingerprint density at radius 3 is 1.46 bits per heavy atom. The molecule has 7 aromatic rings. The summed E-state index contributed by atoms with van der Waals surface area (Å²) in [7, 11) is 0. The van der Waals surface area contributed by atoms with E-state index in [1.165, 1.54) is 95.0 Å². The van der Waals surface area contributed by atoms with Crippen LogP contribution in [0.15, 0.2) is 152 Å². The molecule has 0 bridgehead atoms. The van der Waals surface area contributed by atoms with Gasteiger partial charge in [0.15, 0.2) is 0 Å². The summed E-state index contributed by atoms with van der Waals surface area (Å²) < 4.78 is 0. The second kappa shape index (κ2) is 10.7. The number of hydrogen-bond acceptors (Lipinski definition) is 1. The average Bonchev–Trinajstić information content (AvgIpc) is 3.53. The van der Waals surface area contributed by atoms with Crippen molar-refractivity contribution in [3.8, 4) is 44.5 Å². The molecule has 252 valence electrons. The predicted octanol–water partition coefficient (Wildman–Crippen LogP) is 13.7. The molecule has 1 heteroatoms. The van der Waals surface area contributed by atoms with Gasteiger partial charge in [0, 0.05) is 21.9 Å². The fourth-order valence-electron chi connectivity index (χ4n) is 9.70. The van der Waals surface area contributed by atoms with Crippen LogP contribution >= 0.6 is 0 Å². The SMILES string of the molecule is CC1(C)c2cc(-c3ccccc3)ccc2-c2ccc(-c3ccc(N4c5ccccc5C(C)(C)c5cc6c(cc54)C(C)(C)c4ccccc4-6)cc3)cc21. The zero-order valence-corrected chi connectivity index (χ0v) is 30.9. The third-order valence-electron chi connectivity index (χ3n) is 12.7. The van der Waals surface area contributed by atoms with Crippen molar-refractivity contribution in [2.75, 3.05) is 4.90 Å². The van der Waals surface area contributed by atoms with Gasteiger partial charge in [-0.3, -0.25) is 0 Å². The number of anilines is 3. The molecule has 0 fully saturated rings. The van der Waals surface area contributed by atoms with Gasteiger partial charge in [-0.15, -0.1) is 0 Å². The Morgan fingerprint density at radius 1 is 0.308 bits per heavy atom. The maximum absolute atomic E-state index is 2.51. The van der Waals surface area contributed by atoms with Gasteiger partial charge in [0.25, 0.3) is 0 Å². The summed E-state index contributed by atoms with van der Waals surface area (Å²) in [6.07, 6.45) is 0. The van der Waals surface area contributed by atoms with Gasteiger partial charge in [-0.05, 0) is 120 Å². The molecule has 0 saturated heterocycles. The Labute approximate surface area is 308 Å². The zero-order valence-electron chi connectivity index (χ0n) is 30.9. The van der Waals surface area contributed by atoms with Crippen LogP contribution in [-0.4, -0.2) is 0 Å². The van der Waals surface area contributed by atoms with Crippen LogP contribution in [0.1, 0.15) is 74.9 Å². The summed E-state index contributed by atoms with van der Waals surface area (Å²) >= 11 is 0. The highest BCUT2D eigenvalue weighted by molar-refractivity contribution is 5.92. The highest BCUT2D eigenvalue weighted by Gasteiger charge is 2.42. The molecule has 0 radical (unpaired) electrons. The van der Waals surface area contributed by atoms with Crippen LogP contribution in [0.3, 0.4) is 0 Å². The molecule has 0 spiro atoms. The number of para-hydroxylation sites is 1. The molecule has 2 aliphatic carbocycles. The average molecular weight is 670 g/mol. The van der Waals surface area contributed by atoms with E-state index < -0.39 is 0 Å². The maximum atomic E-state index is 2.51. The van der Waals surface area contributed by atoms with Gasteiger partial charge >= 0.3 is 0 Å². The Morgan fingerprint density at radius 2 is 0.788 bits per heavy atom. The second-order valence-electron chi connectivity index (χ2n) is 16.6. The predicted molar refractivity (Wildman–Crippen MR) is 219 cm³/mol. The Kier molecular flexibility index (Phi) is 6.39. The molecule has 1 nitrogen and oxygen atoms in total. The molecule has 10 rings (SSSR count). The van der Waals surface area contributed by atoms with Crippen molar-refractivity contribution in [1.82, 2.24) is 0 Å². The van der Waals surface area contributed by atoms with Gasteiger partial charge in [-0.2, -0.15) is 0 Å². The number of nitrogens with zero attached hydrogens (tertiary/aromatic N) is 1. The van der Waals surface area contributed by atoms with Crippen LogP contribution in [-0.2, 0) is 16.2 Å². The molecular weight excluding hydrogens is 627 g/mol. The first-order valence-electron chi connectivity index (χ1n) is 18.7. The minimum atomic E-state index is -0.143. The lowest BCUT2D eigenvalue weighted by molar-refractivity contribution is 0.627. The molecule has 1 aliphatic heterocycles. The molecule has 0 unspecified atom stereocenters. The van der Waals surface area contributed by atoms with E-state index >= 15 is 0 Å². The van der Waals surface area contributed by atoms with Gasteiger partial charge < -0.3 is 4.90 Å². The standard InChI is InChI=1S/C51H43N/c1-49(2)41-17-11-10-16-37(41)40-30-46-48(31-45(40)49)52(47-19-13-12-18-42(47)50(46,3)4)36-24-20-33(21-25-36)35-23-27-39-38-26-22-34(32-14-8-7-9-15-32)28-43(38)51(5,6)44(39)29-35/h7-31H,1-6H3. The molecule has 3 aliphatic rings. The van der Waals surface area contributed by atoms with Crippen molar-refractivity contribution in [3.05, 3.63) is 185 Å². The Balaban J connectivity index is 1.05. The van der Waals surface area contributed by atoms with E-state index in [4.69, 9.17) is 0 Å². The first-order chi connectivity index (χ1) is 25.0. The highest BCUT2D eigenvalue weighted by Crippen LogP contribution is 2.57. The van der Waals surface area contributed by atoms with Crippen LogP contribution in [0.25, 0.3) is 44.5 Å². The fourth-order valence-corrected chi connectivity index (χ4v) is 9.70. The normalized spacial score (nSPS) is 16.3. The molecule has 1 heterocycles. The van der Waals surface area contributed by atoms with Crippen molar-refractivity contribution in [2.45, 2.75) is 57.8 Å². The van der Waals surface area contributed by atoms with E-state index in [9.17, 15) is 0 Å². The lowest BCUT2D eigenvalue weighted by atomic mass is 9.72. The largest absolute Gasteiger partial charge is 0.310 e. The number of benzene rings is 7. The molecule has 52 heavy (non-hydrogen) atoms. The van der Waals surface area contributed by atoms with Crippen molar-refractivity contribution in [2.24, 2.45) is 0 Å². The van der Waals surface area contributed by atoms with Gasteiger partial charge in [-0.25, -0.2) is 0 Å². The first-order valence-corrected chi connectivity index (χ1v) is 18.7. The number of fused-ring (bicyclic) bond motifs is 8. The summed E-state index contributed by atoms with van der Waals surface area (Å²) in [6.45, 7) is 14.3. The minimum Gasteiger partial charge on any atom is -0.310 e. The Hall–Kier alpha value is -5.66. The highest BCUT2D eigenvalue weighted by atomic mass is 15.2. The zero-order chi connectivity index (χ0) is 35.6. The van der Waals surface area contributed by atoms with Crippen LogP contribution in [0, 0.1) is 0 Å². The quantitative estimate of drug-likeness (QED) is 0.181. The Bertz CT molecular complexity index is 2580. The number of rotatable bonds is 3. The van der Waals surface area contributed by atoms with Crippen LogP contribution in [0.2, 0.25) is 0 Å². The van der Waals surface area contributed by atoms with Gasteiger partial charge in [0.1, 0.15) is 0 Å². The van der Waals surface area contributed by atoms with Crippen molar-refractivity contribution in [1.29, 1.82) is 0 Å². The number of hydrogen-bond donors (Lipinski definition) is 0. The van der Waals surface area contributed by atoms with Crippen LogP contribution in [0.4, 0.5) is 17.1 Å². The topological polar surface area (TPSA) is 3.24 Å². The summed E-state index contributed by atoms with van der Waals surface area (Å²) in [5.74, 6) is 0. The molecule has 0 N–H and O–H groups in total. The van der Waals surface area contributed by atoms with E-state index in [2.05, 4.69) is 198 Å². The van der Waals surface area contributed by atoms with E-state index in [-0.39, 0.29) is 16.2 Å². The smallest absolute Gasteiger partial charge is 0.0506 e. The molecule has 7 aromatic carbocycles. The lowest BCUT2D eigenvalue weighted by Crippen LogP contribution is -2.31. The molecule has 0 atom stereocenters. The fraction of sp³-hybridized carbons (Fsp3) is 0.176. The van der Waals surface area contributed by atoms with Crippen LogP contribution < -0.4 is 4.90 Å². The third kappa shape index (κ3) is 4.23. The second-order valence-corrected chi connectivity index (χ2v) is 16.6. The first kappa shape index (κ1) is 31.1. The third-order valence-corrected chi connectivity index (χ3v) is 12.7. The summed E-state index contributed by atoms with van der Waals surface area (Å²) in [5, 5.41) is 0. The van der Waals surface area contributed by atoms with E-state index in [1.807, 2.05) is 0 Å². The minimum absolute atomic E-state index is 0.0677. The van der Waals surface area contributed by atoms with Crippen molar-refractivity contribution < 1.29 is 0 Å². The molecular formula is C51H43N. The van der Waals surface area contributed by atoms with Gasteiger partial charge in [-0.1, -0.05) is 151 Å². The lowest BCUT2D eigenvalue weighted by Gasteiger charge is -2.43. The van der Waals surface area contributed by atoms with E-state index in [0.717, 1.165) is 0 Å². The van der Waals surface area contributed by atoms with E-state index in [0.29, 0.717) is 0 Å². The summed E-state index contributed by atoms with van der Waals surface area (Å²) in [5.41, 5.74) is 22.2. The molecule has 0 aromatic heterocycles. The summed E-state index contributed by atoms with van der Waals surface area (Å²) in [4.78, 5) is 2.51. The monoisotopic (exact) mass is 669 g/mol. The van der Waals surface area contributed by atoms with Crippen molar-refractivity contribution >= 4 is 17.1 Å². The van der Waals surface area contributed by atoms with Crippen molar-refractivity contribution in [3.63, 3.8) is 0 Å². The van der Waals surface area contributed by atoms with Gasteiger partial charge in [0.2, 0.25) is 0 Å².